The standard InChI is InChI=1S/C19H19N3O6S/c1-12-14(11-20-28-12)19(23)21-15-6-4-5-7-16(15)22-29(24,25)13-8-9-17(26-2)18(10-13)27-3/h4-11,22H,1-3H3,(H,21,23). The maximum atomic E-state index is 12.8. The first-order valence-electron chi connectivity index (χ1n) is 8.42. The fraction of sp³-hybridized carbons (Fsp3) is 0.158. The van der Waals surface area contributed by atoms with Crippen LogP contribution < -0.4 is 19.5 Å². The number of amides is 1. The van der Waals surface area contributed by atoms with Gasteiger partial charge in [-0.25, -0.2) is 8.42 Å². The molecule has 2 N–H and O–H groups in total. The van der Waals surface area contributed by atoms with Crippen molar-refractivity contribution in [3.8, 4) is 11.5 Å². The van der Waals surface area contributed by atoms with Crippen LogP contribution >= 0.6 is 0 Å². The highest BCUT2D eigenvalue weighted by atomic mass is 32.2. The maximum absolute atomic E-state index is 12.8. The van der Waals surface area contributed by atoms with Crippen LogP contribution in [0.25, 0.3) is 0 Å². The number of anilines is 2. The molecule has 0 atom stereocenters. The number of rotatable bonds is 7. The van der Waals surface area contributed by atoms with E-state index in [0.717, 1.165) is 0 Å². The van der Waals surface area contributed by atoms with E-state index in [9.17, 15) is 13.2 Å². The number of benzene rings is 2. The molecule has 0 radical (unpaired) electrons. The summed E-state index contributed by atoms with van der Waals surface area (Å²) in [4.78, 5) is 12.4. The number of hydrogen-bond acceptors (Lipinski definition) is 7. The third kappa shape index (κ3) is 4.32. The van der Waals surface area contributed by atoms with Crippen molar-refractivity contribution >= 4 is 27.3 Å². The minimum atomic E-state index is -3.96. The number of aryl methyl sites for hydroxylation is 1. The predicted molar refractivity (Wildman–Crippen MR) is 106 cm³/mol. The molecule has 0 aliphatic heterocycles. The van der Waals surface area contributed by atoms with E-state index < -0.39 is 15.9 Å². The molecule has 0 unspecified atom stereocenters. The SMILES string of the molecule is COc1ccc(S(=O)(=O)Nc2ccccc2NC(=O)c2cnoc2C)cc1OC. The van der Waals surface area contributed by atoms with Gasteiger partial charge in [0.2, 0.25) is 0 Å². The normalized spacial score (nSPS) is 11.0. The van der Waals surface area contributed by atoms with E-state index in [1.54, 1.807) is 25.1 Å². The molecule has 0 fully saturated rings. The van der Waals surface area contributed by atoms with Gasteiger partial charge in [0.05, 0.1) is 36.7 Å². The average molecular weight is 417 g/mol. The lowest BCUT2D eigenvalue weighted by atomic mass is 10.2. The van der Waals surface area contributed by atoms with E-state index in [1.807, 2.05) is 0 Å². The Bertz CT molecular complexity index is 1140. The van der Waals surface area contributed by atoms with E-state index in [4.69, 9.17) is 14.0 Å². The van der Waals surface area contributed by atoms with Gasteiger partial charge in [-0.1, -0.05) is 17.3 Å². The molecule has 0 saturated carbocycles. The summed E-state index contributed by atoms with van der Waals surface area (Å²) >= 11 is 0. The summed E-state index contributed by atoms with van der Waals surface area (Å²) in [5, 5.41) is 6.22. The number of sulfonamides is 1. The van der Waals surface area contributed by atoms with Crippen molar-refractivity contribution in [3.05, 3.63) is 60.0 Å². The Morgan fingerprint density at radius 2 is 1.72 bits per heavy atom. The lowest BCUT2D eigenvalue weighted by molar-refractivity contribution is 0.102. The van der Waals surface area contributed by atoms with Crippen LogP contribution in [0.3, 0.4) is 0 Å². The highest BCUT2D eigenvalue weighted by Crippen LogP contribution is 2.31. The van der Waals surface area contributed by atoms with Gasteiger partial charge in [-0.2, -0.15) is 0 Å². The minimum Gasteiger partial charge on any atom is -0.493 e. The van der Waals surface area contributed by atoms with Gasteiger partial charge in [0.15, 0.2) is 11.5 Å². The van der Waals surface area contributed by atoms with Gasteiger partial charge < -0.3 is 19.3 Å². The molecule has 0 spiro atoms. The molecule has 3 aromatic rings. The van der Waals surface area contributed by atoms with Gasteiger partial charge in [-0.05, 0) is 31.2 Å². The van der Waals surface area contributed by atoms with Crippen LogP contribution in [0.1, 0.15) is 16.1 Å². The molecule has 9 nitrogen and oxygen atoms in total. The first kappa shape index (κ1) is 20.2. The van der Waals surface area contributed by atoms with Crippen LogP contribution in [0.2, 0.25) is 0 Å². The van der Waals surface area contributed by atoms with Crippen LogP contribution in [0, 0.1) is 6.92 Å². The smallest absolute Gasteiger partial charge is 0.262 e. The minimum absolute atomic E-state index is 0.0221. The van der Waals surface area contributed by atoms with Gasteiger partial charge in [0.1, 0.15) is 11.3 Å². The van der Waals surface area contributed by atoms with Crippen LogP contribution in [0.5, 0.6) is 11.5 Å². The average Bonchev–Trinajstić information content (AvgIpc) is 3.14. The van der Waals surface area contributed by atoms with Crippen LogP contribution in [0.15, 0.2) is 58.1 Å². The Labute approximate surface area is 167 Å². The number of para-hydroxylation sites is 2. The van der Waals surface area contributed by atoms with Crippen molar-refractivity contribution in [1.29, 1.82) is 0 Å². The lowest BCUT2D eigenvalue weighted by Crippen LogP contribution is -2.17. The van der Waals surface area contributed by atoms with Crippen molar-refractivity contribution in [2.75, 3.05) is 24.3 Å². The molecule has 1 aromatic heterocycles. The Kier molecular flexibility index (Phi) is 5.74. The molecule has 0 saturated heterocycles. The summed E-state index contributed by atoms with van der Waals surface area (Å²) in [5.41, 5.74) is 0.731. The molecule has 0 aliphatic carbocycles. The molecule has 10 heteroatoms. The highest BCUT2D eigenvalue weighted by Gasteiger charge is 2.20. The second kappa shape index (κ2) is 8.23. The Morgan fingerprint density at radius 3 is 2.34 bits per heavy atom. The second-order valence-electron chi connectivity index (χ2n) is 5.92. The topological polar surface area (TPSA) is 120 Å². The number of carbonyl (C=O) groups excluding carboxylic acids is 1. The predicted octanol–water partition coefficient (Wildman–Crippen LogP) is 3.05. The van der Waals surface area contributed by atoms with Crippen molar-refractivity contribution in [3.63, 3.8) is 0 Å². The molecule has 152 valence electrons. The Morgan fingerprint density at radius 1 is 1.03 bits per heavy atom. The molecular formula is C19H19N3O6S. The second-order valence-corrected chi connectivity index (χ2v) is 7.60. The fourth-order valence-electron chi connectivity index (χ4n) is 2.57. The first-order valence-corrected chi connectivity index (χ1v) is 9.90. The molecule has 1 heterocycles. The summed E-state index contributed by atoms with van der Waals surface area (Å²) in [6, 6.07) is 10.7. The summed E-state index contributed by atoms with van der Waals surface area (Å²) in [6.45, 7) is 1.60. The zero-order valence-corrected chi connectivity index (χ0v) is 16.7. The fourth-order valence-corrected chi connectivity index (χ4v) is 3.67. The van der Waals surface area contributed by atoms with E-state index in [-0.39, 0.29) is 27.6 Å². The van der Waals surface area contributed by atoms with E-state index in [0.29, 0.717) is 11.5 Å². The molecule has 29 heavy (non-hydrogen) atoms. The molecule has 0 aliphatic rings. The zero-order chi connectivity index (χ0) is 21.0. The number of nitrogens with one attached hydrogen (secondary N) is 2. The summed E-state index contributed by atoms with van der Waals surface area (Å²) in [6.07, 6.45) is 1.29. The van der Waals surface area contributed by atoms with Crippen LogP contribution in [0.4, 0.5) is 11.4 Å². The summed E-state index contributed by atoms with van der Waals surface area (Å²) in [5.74, 6) is 0.565. The Balaban J connectivity index is 1.88. The summed E-state index contributed by atoms with van der Waals surface area (Å²) < 4.78 is 43.3. The highest BCUT2D eigenvalue weighted by molar-refractivity contribution is 7.92. The number of hydrogen-bond donors (Lipinski definition) is 2. The molecule has 3 rings (SSSR count). The van der Waals surface area contributed by atoms with Gasteiger partial charge >= 0.3 is 0 Å². The number of nitrogens with zero attached hydrogens (tertiary/aromatic N) is 1. The quantitative estimate of drug-likeness (QED) is 0.606. The van der Waals surface area contributed by atoms with Crippen LogP contribution in [-0.4, -0.2) is 33.7 Å². The van der Waals surface area contributed by atoms with E-state index >= 15 is 0 Å². The monoisotopic (exact) mass is 417 g/mol. The van der Waals surface area contributed by atoms with Gasteiger partial charge in [-0.3, -0.25) is 9.52 Å². The van der Waals surface area contributed by atoms with Crippen molar-refractivity contribution in [2.45, 2.75) is 11.8 Å². The molecule has 0 bridgehead atoms. The molecule has 1 amide bonds. The number of carbonyl (C=O) groups is 1. The Hall–Kier alpha value is -3.53. The van der Waals surface area contributed by atoms with Crippen molar-refractivity contribution in [2.24, 2.45) is 0 Å². The lowest BCUT2D eigenvalue weighted by Gasteiger charge is -2.14. The number of ether oxygens (including phenoxy) is 2. The first-order chi connectivity index (χ1) is 13.9. The van der Waals surface area contributed by atoms with Gasteiger partial charge in [0, 0.05) is 6.07 Å². The maximum Gasteiger partial charge on any atom is 0.262 e. The number of aromatic nitrogens is 1. The van der Waals surface area contributed by atoms with E-state index in [1.165, 1.54) is 44.7 Å². The van der Waals surface area contributed by atoms with Crippen LogP contribution in [-0.2, 0) is 10.0 Å². The largest absolute Gasteiger partial charge is 0.493 e. The van der Waals surface area contributed by atoms with E-state index in [2.05, 4.69) is 15.2 Å². The zero-order valence-electron chi connectivity index (χ0n) is 15.9. The number of methoxy groups -OCH3 is 2. The van der Waals surface area contributed by atoms with Crippen molar-refractivity contribution < 1.29 is 27.2 Å². The molecule has 2 aromatic carbocycles. The third-order valence-corrected chi connectivity index (χ3v) is 5.44. The summed E-state index contributed by atoms with van der Waals surface area (Å²) in [7, 11) is -1.08. The van der Waals surface area contributed by atoms with Gasteiger partial charge in [0.25, 0.3) is 15.9 Å². The van der Waals surface area contributed by atoms with Gasteiger partial charge in [-0.15, -0.1) is 0 Å². The van der Waals surface area contributed by atoms with Crippen molar-refractivity contribution in [1.82, 2.24) is 5.16 Å². The third-order valence-electron chi connectivity index (χ3n) is 4.08. The molecular weight excluding hydrogens is 398 g/mol.